The van der Waals surface area contributed by atoms with Gasteiger partial charge in [-0.05, 0) is 6.07 Å². The van der Waals surface area contributed by atoms with E-state index >= 15 is 0 Å². The van der Waals surface area contributed by atoms with Crippen LogP contribution in [0.2, 0.25) is 0 Å². The molecule has 0 bridgehead atoms. The number of hydrogen-bond donors (Lipinski definition) is 1. The molecular weight excluding hydrogens is 182 g/mol. The number of rotatable bonds is 3. The average Bonchev–Trinajstić information content (AvgIpc) is 2.68. The second-order valence-corrected chi connectivity index (χ2v) is 2.62. The predicted octanol–water partition coefficient (Wildman–Crippen LogP) is 0.0278. The maximum Gasteiger partial charge on any atom is 0.240 e. The van der Waals surface area contributed by atoms with E-state index in [1.54, 1.807) is 18.5 Å². The molecule has 6 heteroatoms. The lowest BCUT2D eigenvalue weighted by Crippen LogP contribution is -2.02. The van der Waals surface area contributed by atoms with Gasteiger partial charge in [-0.25, -0.2) is 9.97 Å². The van der Waals surface area contributed by atoms with Crippen LogP contribution in [-0.4, -0.2) is 26.7 Å². The molecule has 0 spiro atoms. The van der Waals surface area contributed by atoms with E-state index < -0.39 is 0 Å². The zero-order chi connectivity index (χ0) is 9.80. The van der Waals surface area contributed by atoms with Crippen LogP contribution < -0.4 is 5.73 Å². The molecule has 0 saturated carbocycles. The first-order valence-corrected chi connectivity index (χ1v) is 4.20. The predicted molar refractivity (Wildman–Crippen MR) is 48.1 cm³/mol. The third-order valence-electron chi connectivity index (χ3n) is 1.59. The monoisotopic (exact) mass is 191 g/mol. The van der Waals surface area contributed by atoms with E-state index in [0.29, 0.717) is 30.5 Å². The number of hydrogen-bond acceptors (Lipinski definition) is 6. The molecule has 6 nitrogen and oxygen atoms in total. The van der Waals surface area contributed by atoms with E-state index in [-0.39, 0.29) is 0 Å². The summed E-state index contributed by atoms with van der Waals surface area (Å²) >= 11 is 0. The summed E-state index contributed by atoms with van der Waals surface area (Å²) in [6.07, 6.45) is 3.82. The molecule has 0 amide bonds. The van der Waals surface area contributed by atoms with Crippen molar-refractivity contribution in [3.63, 3.8) is 0 Å². The number of nitrogens with zero attached hydrogens (tertiary/aromatic N) is 4. The fourth-order valence-corrected chi connectivity index (χ4v) is 0.985. The molecule has 14 heavy (non-hydrogen) atoms. The maximum atomic E-state index is 5.35. The number of nitrogens with two attached hydrogens (primary N) is 1. The van der Waals surface area contributed by atoms with Gasteiger partial charge in [-0.15, -0.1) is 0 Å². The molecule has 0 radical (unpaired) electrons. The van der Waals surface area contributed by atoms with Crippen molar-refractivity contribution < 1.29 is 4.52 Å². The van der Waals surface area contributed by atoms with Crippen LogP contribution in [0.1, 0.15) is 5.89 Å². The topological polar surface area (TPSA) is 90.7 Å². The van der Waals surface area contributed by atoms with Crippen LogP contribution in [0.3, 0.4) is 0 Å². The van der Waals surface area contributed by atoms with Crippen LogP contribution in [0.5, 0.6) is 0 Å². The van der Waals surface area contributed by atoms with Gasteiger partial charge in [0, 0.05) is 25.4 Å². The van der Waals surface area contributed by atoms with Crippen molar-refractivity contribution in [1.82, 2.24) is 20.1 Å². The fraction of sp³-hybridized carbons (Fsp3) is 0.250. The molecule has 0 aliphatic carbocycles. The summed E-state index contributed by atoms with van der Waals surface area (Å²) in [6.45, 7) is 0.483. The first-order valence-electron chi connectivity index (χ1n) is 4.20. The minimum Gasteiger partial charge on any atom is -0.339 e. The maximum absolute atomic E-state index is 5.35. The molecule has 0 aromatic carbocycles. The van der Waals surface area contributed by atoms with Gasteiger partial charge in [0.25, 0.3) is 0 Å². The lowest BCUT2D eigenvalue weighted by atomic mass is 10.4. The van der Waals surface area contributed by atoms with Gasteiger partial charge in [0.15, 0.2) is 0 Å². The van der Waals surface area contributed by atoms with Gasteiger partial charge in [0.2, 0.25) is 17.5 Å². The van der Waals surface area contributed by atoms with Crippen LogP contribution >= 0.6 is 0 Å². The van der Waals surface area contributed by atoms with E-state index in [1.165, 1.54) is 0 Å². The van der Waals surface area contributed by atoms with Gasteiger partial charge in [-0.3, -0.25) is 0 Å². The van der Waals surface area contributed by atoms with E-state index in [0.717, 1.165) is 0 Å². The van der Waals surface area contributed by atoms with E-state index in [2.05, 4.69) is 20.1 Å². The second kappa shape index (κ2) is 3.93. The summed E-state index contributed by atoms with van der Waals surface area (Å²) in [7, 11) is 0. The molecule has 0 fully saturated rings. The minimum atomic E-state index is 0.397. The summed E-state index contributed by atoms with van der Waals surface area (Å²) < 4.78 is 4.94. The Balaban J connectivity index is 2.25. The smallest absolute Gasteiger partial charge is 0.240 e. The van der Waals surface area contributed by atoms with Crippen LogP contribution in [0, 0.1) is 0 Å². The van der Waals surface area contributed by atoms with Crippen molar-refractivity contribution in [1.29, 1.82) is 0 Å². The summed E-state index contributed by atoms with van der Waals surface area (Å²) in [5.41, 5.74) is 5.35. The lowest BCUT2D eigenvalue weighted by molar-refractivity contribution is 0.380. The summed E-state index contributed by atoms with van der Waals surface area (Å²) in [6, 6.07) is 1.73. The Bertz CT molecular complexity index is 399. The molecule has 2 rings (SSSR count). The first kappa shape index (κ1) is 8.76. The molecule has 2 aromatic heterocycles. The largest absolute Gasteiger partial charge is 0.339 e. The Labute approximate surface area is 80.2 Å². The standard InChI is InChI=1S/C8H9N5O/c9-3-2-6-12-8(13-14-6)7-10-4-1-5-11-7/h1,4-5H,2-3,9H2. The molecule has 2 N–H and O–H groups in total. The van der Waals surface area contributed by atoms with Crippen molar-refractivity contribution in [3.8, 4) is 11.6 Å². The average molecular weight is 191 g/mol. The Morgan fingerprint density at radius 3 is 2.71 bits per heavy atom. The van der Waals surface area contributed by atoms with Crippen molar-refractivity contribution in [2.24, 2.45) is 5.73 Å². The molecule has 2 aromatic rings. The Morgan fingerprint density at radius 2 is 2.00 bits per heavy atom. The number of aromatic nitrogens is 4. The van der Waals surface area contributed by atoms with Gasteiger partial charge < -0.3 is 10.3 Å². The SMILES string of the molecule is NCCc1nc(-c2ncccn2)no1. The van der Waals surface area contributed by atoms with Crippen molar-refractivity contribution in [3.05, 3.63) is 24.4 Å². The Hall–Kier alpha value is -1.82. The molecular formula is C8H9N5O. The molecule has 0 unspecified atom stereocenters. The summed E-state index contributed by atoms with van der Waals surface area (Å²) in [5.74, 6) is 1.36. The van der Waals surface area contributed by atoms with Crippen LogP contribution in [0.25, 0.3) is 11.6 Å². The van der Waals surface area contributed by atoms with E-state index in [9.17, 15) is 0 Å². The lowest BCUT2D eigenvalue weighted by Gasteiger charge is -1.88. The molecule has 0 aliphatic rings. The Kier molecular flexibility index (Phi) is 2.46. The van der Waals surface area contributed by atoms with E-state index in [1.807, 2.05) is 0 Å². The van der Waals surface area contributed by atoms with Crippen LogP contribution in [0.15, 0.2) is 23.0 Å². The molecule has 72 valence electrons. The molecule has 2 heterocycles. The van der Waals surface area contributed by atoms with Crippen LogP contribution in [0.4, 0.5) is 0 Å². The van der Waals surface area contributed by atoms with Gasteiger partial charge in [-0.1, -0.05) is 5.16 Å². The molecule has 0 aliphatic heterocycles. The van der Waals surface area contributed by atoms with Crippen molar-refractivity contribution >= 4 is 0 Å². The quantitative estimate of drug-likeness (QED) is 0.735. The van der Waals surface area contributed by atoms with Crippen LogP contribution in [-0.2, 0) is 6.42 Å². The van der Waals surface area contributed by atoms with Crippen molar-refractivity contribution in [2.75, 3.05) is 6.54 Å². The zero-order valence-electron chi connectivity index (χ0n) is 7.42. The first-order chi connectivity index (χ1) is 6.90. The normalized spacial score (nSPS) is 10.4. The van der Waals surface area contributed by atoms with Gasteiger partial charge in [0.05, 0.1) is 0 Å². The summed E-state index contributed by atoms with van der Waals surface area (Å²) in [5, 5.41) is 3.74. The van der Waals surface area contributed by atoms with Gasteiger partial charge in [-0.2, -0.15) is 4.98 Å². The van der Waals surface area contributed by atoms with Crippen molar-refractivity contribution in [2.45, 2.75) is 6.42 Å². The van der Waals surface area contributed by atoms with Gasteiger partial charge in [0.1, 0.15) is 0 Å². The highest BCUT2D eigenvalue weighted by Crippen LogP contribution is 2.08. The molecule has 0 atom stereocenters. The fourth-order valence-electron chi connectivity index (χ4n) is 0.985. The highest BCUT2D eigenvalue weighted by Gasteiger charge is 2.09. The summed E-state index contributed by atoms with van der Waals surface area (Å²) in [4.78, 5) is 12.1. The zero-order valence-corrected chi connectivity index (χ0v) is 7.42. The third-order valence-corrected chi connectivity index (χ3v) is 1.59. The van der Waals surface area contributed by atoms with E-state index in [4.69, 9.17) is 10.3 Å². The third kappa shape index (κ3) is 1.74. The highest BCUT2D eigenvalue weighted by atomic mass is 16.5. The second-order valence-electron chi connectivity index (χ2n) is 2.62. The highest BCUT2D eigenvalue weighted by molar-refractivity contribution is 5.40. The Morgan fingerprint density at radius 1 is 1.21 bits per heavy atom. The minimum absolute atomic E-state index is 0.397. The van der Waals surface area contributed by atoms with Gasteiger partial charge >= 0.3 is 0 Å². The molecule has 0 saturated heterocycles.